The molecular formula is C22H32N4O2. The monoisotopic (exact) mass is 384 g/mol. The highest BCUT2D eigenvalue weighted by Gasteiger charge is 2.17. The van der Waals surface area contributed by atoms with Crippen LogP contribution in [0.1, 0.15) is 49.4 Å². The summed E-state index contributed by atoms with van der Waals surface area (Å²) in [5.74, 6) is -0.126. The normalized spacial score (nSPS) is 17.8. The summed E-state index contributed by atoms with van der Waals surface area (Å²) in [7, 11) is 0. The zero-order valence-corrected chi connectivity index (χ0v) is 17.5. The molecule has 0 unspecified atom stereocenters. The topological polar surface area (TPSA) is 67.2 Å². The SMILES string of the molecule is Cc1cc2nc(C)c(=O)n(CC(=O)NCCCN3CCCC[C@@H]3C)c2cc1C. The molecule has 0 radical (unpaired) electrons. The molecule has 6 heteroatoms. The fourth-order valence-corrected chi connectivity index (χ4v) is 3.98. The van der Waals surface area contributed by atoms with Crippen molar-refractivity contribution < 1.29 is 4.79 Å². The van der Waals surface area contributed by atoms with Crippen molar-refractivity contribution in [2.45, 2.75) is 66.0 Å². The number of carbonyl (C=O) groups is 1. The van der Waals surface area contributed by atoms with Crippen LogP contribution in [0, 0.1) is 20.8 Å². The molecule has 0 aliphatic carbocycles. The van der Waals surface area contributed by atoms with Crippen LogP contribution < -0.4 is 10.9 Å². The van der Waals surface area contributed by atoms with E-state index >= 15 is 0 Å². The first-order valence-electron chi connectivity index (χ1n) is 10.4. The van der Waals surface area contributed by atoms with E-state index in [1.165, 1.54) is 19.3 Å². The molecule has 1 atom stereocenters. The Morgan fingerprint density at radius 1 is 1.21 bits per heavy atom. The highest BCUT2D eigenvalue weighted by molar-refractivity contribution is 5.81. The van der Waals surface area contributed by atoms with Gasteiger partial charge in [0.2, 0.25) is 5.91 Å². The summed E-state index contributed by atoms with van der Waals surface area (Å²) in [4.78, 5) is 32.0. The Balaban J connectivity index is 1.63. The Bertz CT molecular complexity index is 919. The lowest BCUT2D eigenvalue weighted by molar-refractivity contribution is -0.121. The summed E-state index contributed by atoms with van der Waals surface area (Å²) in [6.07, 6.45) is 4.79. The average molecular weight is 385 g/mol. The van der Waals surface area contributed by atoms with Gasteiger partial charge in [0.05, 0.1) is 11.0 Å². The van der Waals surface area contributed by atoms with Crippen LogP contribution in [0.4, 0.5) is 0 Å². The van der Waals surface area contributed by atoms with Crippen molar-refractivity contribution in [3.05, 3.63) is 39.3 Å². The van der Waals surface area contributed by atoms with E-state index in [1.54, 1.807) is 11.5 Å². The van der Waals surface area contributed by atoms with Gasteiger partial charge >= 0.3 is 0 Å². The number of likely N-dealkylation sites (tertiary alicyclic amines) is 1. The summed E-state index contributed by atoms with van der Waals surface area (Å²) >= 11 is 0. The van der Waals surface area contributed by atoms with Crippen molar-refractivity contribution in [3.8, 4) is 0 Å². The second-order valence-electron chi connectivity index (χ2n) is 8.10. The van der Waals surface area contributed by atoms with Crippen molar-refractivity contribution >= 4 is 16.9 Å². The first-order chi connectivity index (χ1) is 13.4. The molecule has 1 aromatic carbocycles. The molecule has 0 saturated carbocycles. The highest BCUT2D eigenvalue weighted by atomic mass is 16.2. The Kier molecular flexibility index (Phi) is 6.50. The summed E-state index contributed by atoms with van der Waals surface area (Å²) in [6, 6.07) is 4.57. The van der Waals surface area contributed by atoms with Gasteiger partial charge in [0.15, 0.2) is 0 Å². The second kappa shape index (κ2) is 8.86. The molecule has 0 bridgehead atoms. The van der Waals surface area contributed by atoms with Crippen LogP contribution in [0.2, 0.25) is 0 Å². The molecule has 1 saturated heterocycles. The van der Waals surface area contributed by atoms with Crippen LogP contribution >= 0.6 is 0 Å². The van der Waals surface area contributed by atoms with E-state index in [2.05, 4.69) is 22.1 Å². The minimum Gasteiger partial charge on any atom is -0.355 e. The van der Waals surface area contributed by atoms with Crippen LogP contribution in [0.5, 0.6) is 0 Å². The molecule has 0 spiro atoms. The number of benzene rings is 1. The van der Waals surface area contributed by atoms with Crippen LogP contribution in [-0.2, 0) is 11.3 Å². The number of aromatic nitrogens is 2. The molecule has 3 rings (SSSR count). The van der Waals surface area contributed by atoms with Crippen LogP contribution in [0.15, 0.2) is 16.9 Å². The quantitative estimate of drug-likeness (QED) is 0.778. The van der Waals surface area contributed by atoms with Crippen molar-refractivity contribution in [2.24, 2.45) is 0 Å². The Morgan fingerprint density at radius 2 is 1.96 bits per heavy atom. The van der Waals surface area contributed by atoms with E-state index in [0.717, 1.165) is 41.7 Å². The van der Waals surface area contributed by atoms with Gasteiger partial charge in [0.25, 0.3) is 5.56 Å². The maximum Gasteiger partial charge on any atom is 0.272 e. The predicted octanol–water partition coefficient (Wildman–Crippen LogP) is 2.70. The number of rotatable bonds is 6. The average Bonchev–Trinajstić information content (AvgIpc) is 2.66. The fourth-order valence-electron chi connectivity index (χ4n) is 3.98. The summed E-state index contributed by atoms with van der Waals surface area (Å²) < 4.78 is 1.55. The van der Waals surface area contributed by atoms with E-state index in [-0.39, 0.29) is 18.0 Å². The highest BCUT2D eigenvalue weighted by Crippen LogP contribution is 2.17. The van der Waals surface area contributed by atoms with Gasteiger partial charge in [-0.3, -0.25) is 14.2 Å². The van der Waals surface area contributed by atoms with E-state index in [4.69, 9.17) is 0 Å². The van der Waals surface area contributed by atoms with Gasteiger partial charge in [-0.05, 0) is 76.8 Å². The first-order valence-corrected chi connectivity index (χ1v) is 10.4. The molecule has 1 aromatic heterocycles. The molecule has 1 N–H and O–H groups in total. The molecule has 2 heterocycles. The molecular weight excluding hydrogens is 352 g/mol. The van der Waals surface area contributed by atoms with E-state index < -0.39 is 0 Å². The third kappa shape index (κ3) is 4.61. The van der Waals surface area contributed by atoms with Crippen LogP contribution in [0.25, 0.3) is 11.0 Å². The van der Waals surface area contributed by atoms with E-state index in [1.807, 2.05) is 26.0 Å². The van der Waals surface area contributed by atoms with Gasteiger partial charge in [-0.1, -0.05) is 6.42 Å². The van der Waals surface area contributed by atoms with Crippen LogP contribution in [0.3, 0.4) is 0 Å². The van der Waals surface area contributed by atoms with Crippen molar-refractivity contribution in [3.63, 3.8) is 0 Å². The molecule has 1 aliphatic heterocycles. The van der Waals surface area contributed by atoms with Gasteiger partial charge in [0, 0.05) is 19.1 Å². The summed E-state index contributed by atoms with van der Waals surface area (Å²) in [5.41, 5.74) is 3.90. The number of amides is 1. The smallest absolute Gasteiger partial charge is 0.272 e. The summed E-state index contributed by atoms with van der Waals surface area (Å²) in [5, 5.41) is 2.98. The number of nitrogens with one attached hydrogen (secondary N) is 1. The van der Waals surface area contributed by atoms with Crippen molar-refractivity contribution in [2.75, 3.05) is 19.6 Å². The molecule has 6 nitrogen and oxygen atoms in total. The number of carbonyl (C=O) groups excluding carboxylic acids is 1. The van der Waals surface area contributed by atoms with Gasteiger partial charge in [-0.15, -0.1) is 0 Å². The van der Waals surface area contributed by atoms with Gasteiger partial charge < -0.3 is 10.2 Å². The summed E-state index contributed by atoms with van der Waals surface area (Å²) in [6.45, 7) is 10.8. The predicted molar refractivity (Wildman–Crippen MR) is 113 cm³/mol. The molecule has 2 aromatic rings. The number of aryl methyl sites for hydroxylation is 3. The molecule has 1 amide bonds. The second-order valence-corrected chi connectivity index (χ2v) is 8.10. The molecule has 152 valence electrons. The minimum absolute atomic E-state index is 0.0291. The van der Waals surface area contributed by atoms with E-state index in [0.29, 0.717) is 18.3 Å². The Morgan fingerprint density at radius 3 is 2.71 bits per heavy atom. The van der Waals surface area contributed by atoms with Crippen molar-refractivity contribution in [1.29, 1.82) is 0 Å². The molecule has 28 heavy (non-hydrogen) atoms. The molecule has 1 aliphatic rings. The maximum absolute atomic E-state index is 12.6. The van der Waals surface area contributed by atoms with E-state index in [9.17, 15) is 9.59 Å². The van der Waals surface area contributed by atoms with Gasteiger partial charge in [-0.25, -0.2) is 4.98 Å². The lowest BCUT2D eigenvalue weighted by Crippen LogP contribution is -2.39. The standard InChI is InChI=1S/C22H32N4O2/c1-15-12-19-20(13-16(15)2)26(22(28)18(4)24-19)14-21(27)23-9-7-11-25-10-6-5-8-17(25)3/h12-13,17H,5-11,14H2,1-4H3,(H,23,27)/t17-/m0/s1. The number of hydrogen-bond donors (Lipinski definition) is 1. The molecule has 1 fully saturated rings. The number of hydrogen-bond acceptors (Lipinski definition) is 4. The third-order valence-electron chi connectivity index (χ3n) is 5.91. The Labute approximate surface area is 166 Å². The largest absolute Gasteiger partial charge is 0.355 e. The van der Waals surface area contributed by atoms with Gasteiger partial charge in [-0.2, -0.15) is 0 Å². The third-order valence-corrected chi connectivity index (χ3v) is 5.91. The zero-order chi connectivity index (χ0) is 20.3. The fraction of sp³-hybridized carbons (Fsp3) is 0.591. The number of piperidine rings is 1. The zero-order valence-electron chi connectivity index (χ0n) is 17.5. The lowest BCUT2D eigenvalue weighted by Gasteiger charge is -2.33. The lowest BCUT2D eigenvalue weighted by atomic mass is 10.0. The number of nitrogens with zero attached hydrogens (tertiary/aromatic N) is 3. The van der Waals surface area contributed by atoms with Crippen LogP contribution in [-0.4, -0.2) is 46.0 Å². The van der Waals surface area contributed by atoms with Gasteiger partial charge in [0.1, 0.15) is 12.2 Å². The number of fused-ring (bicyclic) bond motifs is 1. The minimum atomic E-state index is -0.201. The Hall–Kier alpha value is -2.21. The first kappa shape index (κ1) is 20.5. The maximum atomic E-state index is 12.6. The van der Waals surface area contributed by atoms with Crippen molar-refractivity contribution in [1.82, 2.24) is 19.8 Å².